The highest BCUT2D eigenvalue weighted by Crippen LogP contribution is 2.16. The second-order valence-corrected chi connectivity index (χ2v) is 4.64. The van der Waals surface area contributed by atoms with E-state index >= 15 is 0 Å². The van der Waals surface area contributed by atoms with Crippen molar-refractivity contribution < 1.29 is 0 Å². The van der Waals surface area contributed by atoms with E-state index in [-0.39, 0.29) is 0 Å². The van der Waals surface area contributed by atoms with Crippen LogP contribution in [0.4, 0.5) is 0 Å². The zero-order valence-corrected chi connectivity index (χ0v) is 11.3. The third-order valence-corrected chi connectivity index (χ3v) is 3.23. The van der Waals surface area contributed by atoms with Crippen LogP contribution in [0.3, 0.4) is 0 Å². The van der Waals surface area contributed by atoms with Gasteiger partial charge in [0.25, 0.3) is 0 Å². The molecule has 0 rings (SSSR count). The first kappa shape index (κ1) is 14.3. The molecule has 1 N–H and O–H groups in total. The maximum absolute atomic E-state index is 4.12. The Bertz CT molecular complexity index is 236. The van der Waals surface area contributed by atoms with Crippen molar-refractivity contribution in [3.8, 4) is 0 Å². The number of nitrogens with one attached hydrogen (secondary N) is 1. The topological polar surface area (TPSA) is 12.0 Å². The molecule has 0 bridgehead atoms. The summed E-state index contributed by atoms with van der Waals surface area (Å²) in [5.74, 6) is 0.654. The van der Waals surface area contributed by atoms with Gasteiger partial charge in [-0.15, -0.1) is 0 Å². The average Bonchev–Trinajstić information content (AvgIpc) is 2.22. The zero-order valence-electron chi connectivity index (χ0n) is 11.3. The molecule has 0 amide bonds. The number of hydrogen-bond acceptors (Lipinski definition) is 1. The van der Waals surface area contributed by atoms with Gasteiger partial charge in [-0.2, -0.15) is 0 Å². The molecule has 0 fully saturated rings. The van der Waals surface area contributed by atoms with Crippen molar-refractivity contribution in [2.75, 3.05) is 0 Å². The molecule has 0 aliphatic heterocycles. The summed E-state index contributed by atoms with van der Waals surface area (Å²) in [4.78, 5) is 0. The highest BCUT2D eigenvalue weighted by Gasteiger charge is 2.11. The van der Waals surface area contributed by atoms with Gasteiger partial charge in [0.05, 0.1) is 0 Å². The molecule has 1 heteroatoms. The summed E-state index contributed by atoms with van der Waals surface area (Å²) >= 11 is 0. The molecule has 0 heterocycles. The highest BCUT2D eigenvalue weighted by atomic mass is 14.9. The van der Waals surface area contributed by atoms with Crippen molar-refractivity contribution in [1.29, 1.82) is 0 Å². The van der Waals surface area contributed by atoms with Crippen LogP contribution in [-0.4, -0.2) is 6.04 Å². The first-order valence-electron chi connectivity index (χ1n) is 6.06. The fourth-order valence-corrected chi connectivity index (χ4v) is 1.59. The van der Waals surface area contributed by atoms with Crippen molar-refractivity contribution in [3.63, 3.8) is 0 Å². The molecule has 0 aromatic carbocycles. The molecule has 0 radical (unpaired) electrons. The van der Waals surface area contributed by atoms with Crippen LogP contribution in [0, 0.1) is 5.92 Å². The van der Waals surface area contributed by atoms with Crippen molar-refractivity contribution in [2.45, 2.75) is 60.4 Å². The summed E-state index contributed by atoms with van der Waals surface area (Å²) in [6.45, 7) is 17.4. The molecule has 0 saturated carbocycles. The van der Waals surface area contributed by atoms with E-state index in [2.05, 4.69) is 53.4 Å². The van der Waals surface area contributed by atoms with Crippen LogP contribution in [0.1, 0.15) is 54.4 Å². The fourth-order valence-electron chi connectivity index (χ4n) is 1.59. The summed E-state index contributed by atoms with van der Waals surface area (Å²) in [7, 11) is 0. The Morgan fingerprint density at radius 1 is 1.20 bits per heavy atom. The molecule has 0 aliphatic rings. The molecule has 88 valence electrons. The molecule has 0 aromatic rings. The van der Waals surface area contributed by atoms with E-state index < -0.39 is 0 Å². The third-order valence-electron chi connectivity index (χ3n) is 3.23. The molecule has 1 atom stereocenters. The Balaban J connectivity index is 4.48. The smallest absolute Gasteiger partial charge is 0.0298 e. The standard InChI is InChI=1S/C14H27N/c1-8-11(5)12(6)13(7)15-14(9-2)10(3)4/h10,14-15H,7-9H2,1-6H3/b12-11+. The van der Waals surface area contributed by atoms with Crippen molar-refractivity contribution in [2.24, 2.45) is 5.92 Å². The average molecular weight is 209 g/mol. The molecule has 1 unspecified atom stereocenters. The molecule has 0 aliphatic carbocycles. The van der Waals surface area contributed by atoms with Gasteiger partial charge >= 0.3 is 0 Å². The van der Waals surface area contributed by atoms with E-state index in [1.165, 1.54) is 11.1 Å². The zero-order chi connectivity index (χ0) is 12.0. The quantitative estimate of drug-likeness (QED) is 0.644. The van der Waals surface area contributed by atoms with Gasteiger partial charge < -0.3 is 5.32 Å². The molecule has 0 saturated heterocycles. The minimum absolute atomic E-state index is 0.539. The summed E-state index contributed by atoms with van der Waals surface area (Å²) < 4.78 is 0. The van der Waals surface area contributed by atoms with Gasteiger partial charge in [0.1, 0.15) is 0 Å². The monoisotopic (exact) mass is 209 g/mol. The second-order valence-electron chi connectivity index (χ2n) is 4.64. The second kappa shape index (κ2) is 6.71. The van der Waals surface area contributed by atoms with E-state index in [4.69, 9.17) is 0 Å². The summed E-state index contributed by atoms with van der Waals surface area (Å²) in [5.41, 5.74) is 3.83. The lowest BCUT2D eigenvalue weighted by Crippen LogP contribution is -2.32. The lowest BCUT2D eigenvalue weighted by atomic mass is 10.00. The van der Waals surface area contributed by atoms with Crippen LogP contribution in [0.5, 0.6) is 0 Å². The molecule has 1 nitrogen and oxygen atoms in total. The number of hydrogen-bond donors (Lipinski definition) is 1. The van der Waals surface area contributed by atoms with Crippen molar-refractivity contribution in [3.05, 3.63) is 23.4 Å². The Morgan fingerprint density at radius 2 is 1.73 bits per heavy atom. The lowest BCUT2D eigenvalue weighted by Gasteiger charge is -2.24. The van der Waals surface area contributed by atoms with Crippen LogP contribution < -0.4 is 5.32 Å². The van der Waals surface area contributed by atoms with Gasteiger partial charge in [0.2, 0.25) is 0 Å². The van der Waals surface area contributed by atoms with Gasteiger partial charge in [0.15, 0.2) is 0 Å². The van der Waals surface area contributed by atoms with Crippen molar-refractivity contribution >= 4 is 0 Å². The van der Waals surface area contributed by atoms with E-state index in [1.807, 2.05) is 0 Å². The molecular formula is C14H27N. The van der Waals surface area contributed by atoms with E-state index in [0.29, 0.717) is 12.0 Å². The molecule has 15 heavy (non-hydrogen) atoms. The maximum atomic E-state index is 4.12. The Kier molecular flexibility index (Phi) is 6.38. The van der Waals surface area contributed by atoms with Gasteiger partial charge in [-0.05, 0) is 38.2 Å². The Hall–Kier alpha value is -0.720. The molecule has 0 aromatic heterocycles. The van der Waals surface area contributed by atoms with Gasteiger partial charge in [-0.1, -0.05) is 39.8 Å². The summed E-state index contributed by atoms with van der Waals surface area (Å²) in [6, 6.07) is 0.539. The minimum atomic E-state index is 0.539. The van der Waals surface area contributed by atoms with Crippen LogP contribution in [-0.2, 0) is 0 Å². The van der Waals surface area contributed by atoms with Gasteiger partial charge in [-0.25, -0.2) is 0 Å². The predicted molar refractivity (Wildman–Crippen MR) is 69.9 cm³/mol. The summed E-state index contributed by atoms with van der Waals surface area (Å²) in [6.07, 6.45) is 2.25. The molecular weight excluding hydrogens is 182 g/mol. The van der Waals surface area contributed by atoms with Gasteiger partial charge in [0, 0.05) is 11.7 Å². The van der Waals surface area contributed by atoms with Gasteiger partial charge in [-0.3, -0.25) is 0 Å². The van der Waals surface area contributed by atoms with Crippen LogP contribution in [0.2, 0.25) is 0 Å². The summed E-state index contributed by atoms with van der Waals surface area (Å²) in [5, 5.41) is 3.53. The van der Waals surface area contributed by atoms with Crippen LogP contribution in [0.25, 0.3) is 0 Å². The SMILES string of the molecule is C=C(NC(CC)C(C)C)/C(C)=C(\C)CC. The largest absolute Gasteiger partial charge is 0.382 e. The predicted octanol–water partition coefficient (Wildman–Crippen LogP) is 4.27. The fraction of sp³-hybridized carbons (Fsp3) is 0.714. The van der Waals surface area contributed by atoms with Crippen LogP contribution in [0.15, 0.2) is 23.4 Å². The highest BCUT2D eigenvalue weighted by molar-refractivity contribution is 5.29. The van der Waals surface area contributed by atoms with E-state index in [0.717, 1.165) is 18.5 Å². The van der Waals surface area contributed by atoms with E-state index in [1.54, 1.807) is 0 Å². The first-order valence-corrected chi connectivity index (χ1v) is 6.06. The van der Waals surface area contributed by atoms with E-state index in [9.17, 15) is 0 Å². The number of allylic oxidation sites excluding steroid dienone is 2. The lowest BCUT2D eigenvalue weighted by molar-refractivity contribution is 0.421. The Morgan fingerprint density at radius 3 is 2.07 bits per heavy atom. The molecule has 0 spiro atoms. The minimum Gasteiger partial charge on any atom is -0.382 e. The maximum Gasteiger partial charge on any atom is 0.0298 e. The normalized spacial score (nSPS) is 14.9. The Labute approximate surface area is 95.7 Å². The van der Waals surface area contributed by atoms with Crippen LogP contribution >= 0.6 is 0 Å². The number of rotatable bonds is 6. The third kappa shape index (κ3) is 4.55. The van der Waals surface area contributed by atoms with Crippen molar-refractivity contribution in [1.82, 2.24) is 5.32 Å². The first-order chi connectivity index (χ1) is 6.93.